The van der Waals surface area contributed by atoms with Gasteiger partial charge in [-0.3, -0.25) is 9.88 Å². The summed E-state index contributed by atoms with van der Waals surface area (Å²) < 4.78 is 5.88. The molecule has 29 heavy (non-hydrogen) atoms. The van der Waals surface area contributed by atoms with Gasteiger partial charge in [0, 0.05) is 62.4 Å². The van der Waals surface area contributed by atoms with E-state index in [2.05, 4.69) is 41.6 Å². The third kappa shape index (κ3) is 5.11. The smallest absolute Gasteiger partial charge is 0.161 e. The molecule has 6 nitrogen and oxygen atoms in total. The summed E-state index contributed by atoms with van der Waals surface area (Å²) in [6.07, 6.45) is 7.65. The minimum Gasteiger partial charge on any atom is -0.373 e. The highest BCUT2D eigenvalue weighted by atomic mass is 16.5. The van der Waals surface area contributed by atoms with Crippen LogP contribution >= 0.6 is 0 Å². The van der Waals surface area contributed by atoms with E-state index >= 15 is 0 Å². The highest BCUT2D eigenvalue weighted by Gasteiger charge is 2.27. The predicted octanol–water partition coefficient (Wildman–Crippen LogP) is 3.43. The predicted molar refractivity (Wildman–Crippen MR) is 116 cm³/mol. The van der Waals surface area contributed by atoms with Crippen LogP contribution in [0.25, 0.3) is 11.4 Å². The fraction of sp³-hybridized carbons (Fsp3) is 0.609. The van der Waals surface area contributed by atoms with Crippen LogP contribution in [-0.2, 0) is 11.2 Å². The van der Waals surface area contributed by atoms with Gasteiger partial charge in [0.25, 0.3) is 0 Å². The Labute approximate surface area is 174 Å². The molecule has 0 bridgehead atoms. The number of anilines is 1. The monoisotopic (exact) mass is 395 g/mol. The number of piperidine rings is 1. The summed E-state index contributed by atoms with van der Waals surface area (Å²) in [5.74, 6) is 2.63. The van der Waals surface area contributed by atoms with Crippen molar-refractivity contribution in [2.45, 2.75) is 52.2 Å². The Morgan fingerprint density at radius 3 is 2.38 bits per heavy atom. The molecule has 2 saturated heterocycles. The minimum atomic E-state index is 0.346. The number of rotatable bonds is 5. The van der Waals surface area contributed by atoms with E-state index in [1.165, 1.54) is 19.4 Å². The third-order valence-corrected chi connectivity index (χ3v) is 6.02. The average Bonchev–Trinajstić information content (AvgIpc) is 2.74. The summed E-state index contributed by atoms with van der Waals surface area (Å²) in [4.78, 5) is 18.8. The molecule has 2 aliphatic heterocycles. The van der Waals surface area contributed by atoms with E-state index in [-0.39, 0.29) is 0 Å². The Bertz CT molecular complexity index is 781. The number of morpholine rings is 1. The molecule has 156 valence electrons. The Morgan fingerprint density at radius 1 is 1.03 bits per heavy atom. The van der Waals surface area contributed by atoms with Crippen molar-refractivity contribution in [3.05, 3.63) is 36.3 Å². The zero-order valence-electron chi connectivity index (χ0n) is 17.9. The molecule has 4 heterocycles. The van der Waals surface area contributed by atoms with Crippen molar-refractivity contribution in [2.75, 3.05) is 37.6 Å². The number of hydrogen-bond acceptors (Lipinski definition) is 6. The van der Waals surface area contributed by atoms with Gasteiger partial charge in [-0.05, 0) is 51.2 Å². The van der Waals surface area contributed by atoms with Gasteiger partial charge in [-0.2, -0.15) is 0 Å². The van der Waals surface area contributed by atoms with Crippen molar-refractivity contribution in [2.24, 2.45) is 5.92 Å². The molecule has 0 N–H and O–H groups in total. The van der Waals surface area contributed by atoms with Crippen LogP contribution in [0.5, 0.6) is 0 Å². The van der Waals surface area contributed by atoms with E-state index < -0.39 is 0 Å². The van der Waals surface area contributed by atoms with E-state index in [0.29, 0.717) is 12.2 Å². The first-order valence-electron chi connectivity index (χ1n) is 11.0. The lowest BCUT2D eigenvalue weighted by atomic mass is 9.95. The van der Waals surface area contributed by atoms with Gasteiger partial charge in [0.05, 0.1) is 12.2 Å². The SMILES string of the molecule is CCc1cc(N2CCC(CN3CC(C)OC(C)C3)CC2)nc(-c2ccncc2)n1. The maximum atomic E-state index is 5.88. The van der Waals surface area contributed by atoms with Gasteiger partial charge >= 0.3 is 0 Å². The van der Waals surface area contributed by atoms with Crippen LogP contribution in [0.3, 0.4) is 0 Å². The van der Waals surface area contributed by atoms with Crippen molar-refractivity contribution in [3.8, 4) is 11.4 Å². The van der Waals surface area contributed by atoms with Crippen molar-refractivity contribution in [1.29, 1.82) is 0 Å². The van der Waals surface area contributed by atoms with Crippen LogP contribution in [0, 0.1) is 5.92 Å². The second-order valence-electron chi connectivity index (χ2n) is 8.54. The number of aromatic nitrogens is 3. The molecule has 2 aliphatic rings. The summed E-state index contributed by atoms with van der Waals surface area (Å²) in [6.45, 7) is 12.0. The molecule has 0 radical (unpaired) electrons. The molecule has 2 aromatic rings. The van der Waals surface area contributed by atoms with Crippen molar-refractivity contribution in [1.82, 2.24) is 19.9 Å². The molecule has 2 fully saturated rings. The second kappa shape index (κ2) is 9.18. The van der Waals surface area contributed by atoms with Crippen molar-refractivity contribution < 1.29 is 4.74 Å². The van der Waals surface area contributed by atoms with Gasteiger partial charge in [0.2, 0.25) is 0 Å². The van der Waals surface area contributed by atoms with Crippen molar-refractivity contribution >= 4 is 5.82 Å². The highest BCUT2D eigenvalue weighted by molar-refractivity contribution is 5.57. The molecule has 0 aromatic carbocycles. The molecular formula is C23H33N5O. The van der Waals surface area contributed by atoms with Gasteiger partial charge in [-0.15, -0.1) is 0 Å². The molecule has 2 atom stereocenters. The number of ether oxygens (including phenoxy) is 1. The lowest BCUT2D eigenvalue weighted by Crippen LogP contribution is -2.48. The van der Waals surface area contributed by atoms with Crippen LogP contribution in [0.2, 0.25) is 0 Å². The van der Waals surface area contributed by atoms with Gasteiger partial charge in [0.1, 0.15) is 5.82 Å². The zero-order chi connectivity index (χ0) is 20.2. The lowest BCUT2D eigenvalue weighted by molar-refractivity contribution is -0.0720. The first-order chi connectivity index (χ1) is 14.1. The first-order valence-corrected chi connectivity index (χ1v) is 11.0. The summed E-state index contributed by atoms with van der Waals surface area (Å²) in [5, 5.41) is 0. The molecule has 0 spiro atoms. The number of pyridine rings is 1. The van der Waals surface area contributed by atoms with Crippen LogP contribution < -0.4 is 4.90 Å². The summed E-state index contributed by atoms with van der Waals surface area (Å²) in [6, 6.07) is 6.13. The molecule has 2 unspecified atom stereocenters. The second-order valence-corrected chi connectivity index (χ2v) is 8.54. The van der Waals surface area contributed by atoms with E-state index in [1.54, 1.807) is 12.4 Å². The van der Waals surface area contributed by atoms with E-state index in [0.717, 1.165) is 61.4 Å². The Kier molecular flexibility index (Phi) is 6.40. The van der Waals surface area contributed by atoms with Gasteiger partial charge in [-0.1, -0.05) is 6.92 Å². The summed E-state index contributed by atoms with van der Waals surface area (Å²) >= 11 is 0. The Morgan fingerprint density at radius 2 is 1.72 bits per heavy atom. The van der Waals surface area contributed by atoms with E-state index in [1.807, 2.05) is 12.1 Å². The maximum absolute atomic E-state index is 5.88. The first kappa shape index (κ1) is 20.2. The summed E-state index contributed by atoms with van der Waals surface area (Å²) in [5.41, 5.74) is 2.13. The molecule has 0 aliphatic carbocycles. The van der Waals surface area contributed by atoms with Crippen molar-refractivity contribution in [3.63, 3.8) is 0 Å². The van der Waals surface area contributed by atoms with Crippen LogP contribution in [-0.4, -0.2) is 64.8 Å². The molecule has 0 saturated carbocycles. The van der Waals surface area contributed by atoms with Gasteiger partial charge in [-0.25, -0.2) is 9.97 Å². The average molecular weight is 396 g/mol. The third-order valence-electron chi connectivity index (χ3n) is 6.02. The largest absolute Gasteiger partial charge is 0.373 e. The Balaban J connectivity index is 1.40. The molecule has 4 rings (SSSR count). The molecule has 2 aromatic heterocycles. The number of aryl methyl sites for hydroxylation is 1. The quantitative estimate of drug-likeness (QED) is 0.773. The van der Waals surface area contributed by atoms with E-state index in [9.17, 15) is 0 Å². The maximum Gasteiger partial charge on any atom is 0.161 e. The highest BCUT2D eigenvalue weighted by Crippen LogP contribution is 2.26. The standard InChI is InChI=1S/C23H33N5O/c1-4-21-13-22(26-23(25-21)20-5-9-24-10-6-20)28-11-7-19(8-12-28)16-27-14-17(2)29-18(3)15-27/h5-6,9-10,13,17-19H,4,7-8,11-12,14-16H2,1-3H3. The van der Waals surface area contributed by atoms with Crippen LogP contribution in [0.1, 0.15) is 39.3 Å². The molecule has 0 amide bonds. The molecule has 6 heteroatoms. The van der Waals surface area contributed by atoms with Gasteiger partial charge in [0.15, 0.2) is 5.82 Å². The zero-order valence-corrected chi connectivity index (χ0v) is 17.9. The fourth-order valence-corrected chi connectivity index (χ4v) is 4.60. The summed E-state index contributed by atoms with van der Waals surface area (Å²) in [7, 11) is 0. The minimum absolute atomic E-state index is 0.346. The van der Waals surface area contributed by atoms with E-state index in [4.69, 9.17) is 14.7 Å². The fourth-order valence-electron chi connectivity index (χ4n) is 4.60. The molecular weight excluding hydrogens is 362 g/mol. The lowest BCUT2D eigenvalue weighted by Gasteiger charge is -2.39. The topological polar surface area (TPSA) is 54.4 Å². The number of nitrogens with zero attached hydrogens (tertiary/aromatic N) is 5. The van der Waals surface area contributed by atoms with Crippen LogP contribution in [0.4, 0.5) is 5.82 Å². The van der Waals surface area contributed by atoms with Gasteiger partial charge < -0.3 is 9.64 Å². The van der Waals surface area contributed by atoms with Crippen LogP contribution in [0.15, 0.2) is 30.6 Å². The number of hydrogen-bond donors (Lipinski definition) is 0. The Hall–Kier alpha value is -2.05. The normalized spacial score (nSPS) is 24.0.